The highest BCUT2D eigenvalue weighted by Crippen LogP contribution is 2.31. The maximum atomic E-state index is 12.7. The van der Waals surface area contributed by atoms with Crippen LogP contribution in [0.15, 0.2) is 28.9 Å². The summed E-state index contributed by atoms with van der Waals surface area (Å²) in [5.74, 6) is 1.55. The number of likely N-dealkylation sites (tertiary alicyclic amines) is 1. The minimum absolute atomic E-state index is 0.00604. The predicted molar refractivity (Wildman–Crippen MR) is 87.4 cm³/mol. The predicted octanol–water partition coefficient (Wildman–Crippen LogP) is 2.83. The van der Waals surface area contributed by atoms with Crippen LogP contribution in [0.5, 0.6) is 0 Å². The van der Waals surface area contributed by atoms with E-state index in [2.05, 4.69) is 10.1 Å². The molecule has 3 rings (SSSR count). The second-order valence-corrected chi connectivity index (χ2v) is 6.23. The lowest BCUT2D eigenvalue weighted by atomic mass is 10.1. The Hall–Kier alpha value is -2.08. The molecule has 23 heavy (non-hydrogen) atoms. The van der Waals surface area contributed by atoms with E-state index < -0.39 is 0 Å². The summed E-state index contributed by atoms with van der Waals surface area (Å²) >= 11 is 5.84. The van der Waals surface area contributed by atoms with Gasteiger partial charge in [-0.05, 0) is 31.9 Å². The van der Waals surface area contributed by atoms with Gasteiger partial charge in [0.1, 0.15) is 17.3 Å². The van der Waals surface area contributed by atoms with Crippen LogP contribution in [0, 0.1) is 6.92 Å². The highest BCUT2D eigenvalue weighted by molar-refractivity contribution is 6.30. The Kier molecular flexibility index (Phi) is 4.52. The fourth-order valence-corrected chi connectivity index (χ4v) is 3.00. The smallest absolute Gasteiger partial charge is 0.242 e. The van der Waals surface area contributed by atoms with Gasteiger partial charge in [0.15, 0.2) is 0 Å². The molecule has 122 valence electrons. The van der Waals surface area contributed by atoms with Crippen LogP contribution in [0.3, 0.4) is 0 Å². The average molecular weight is 335 g/mol. The Morgan fingerprint density at radius 1 is 1.52 bits per heavy atom. The summed E-state index contributed by atoms with van der Waals surface area (Å²) in [6.07, 6.45) is 3.47. The van der Waals surface area contributed by atoms with Gasteiger partial charge in [-0.3, -0.25) is 4.79 Å². The van der Waals surface area contributed by atoms with E-state index in [1.807, 2.05) is 29.8 Å². The third-order valence-electron chi connectivity index (χ3n) is 4.04. The first-order valence-electron chi connectivity index (χ1n) is 7.60. The van der Waals surface area contributed by atoms with Gasteiger partial charge in [-0.2, -0.15) is 0 Å². The van der Waals surface area contributed by atoms with Crippen molar-refractivity contribution in [1.82, 2.24) is 15.0 Å². The topological polar surface area (TPSA) is 62.5 Å². The number of hydrogen-bond acceptors (Lipinski definition) is 5. The van der Waals surface area contributed by atoms with E-state index in [9.17, 15) is 4.79 Å². The monoisotopic (exact) mass is 334 g/mol. The number of pyridine rings is 1. The molecule has 1 amide bonds. The summed E-state index contributed by atoms with van der Waals surface area (Å²) < 4.78 is 5.15. The Morgan fingerprint density at radius 3 is 3.00 bits per heavy atom. The SMILES string of the molecule is Cc1cc([C@@H]2CCCN2C(=O)CN(C)c2ccc(Cl)cn2)no1. The van der Waals surface area contributed by atoms with Crippen LogP contribution >= 0.6 is 11.6 Å². The zero-order chi connectivity index (χ0) is 16.4. The number of carbonyl (C=O) groups excluding carboxylic acids is 1. The number of hydrogen-bond donors (Lipinski definition) is 0. The quantitative estimate of drug-likeness (QED) is 0.860. The van der Waals surface area contributed by atoms with Gasteiger partial charge in [0.05, 0.1) is 17.6 Å². The van der Waals surface area contributed by atoms with Crippen molar-refractivity contribution >= 4 is 23.3 Å². The van der Waals surface area contributed by atoms with Gasteiger partial charge in [0.2, 0.25) is 5.91 Å². The fourth-order valence-electron chi connectivity index (χ4n) is 2.88. The van der Waals surface area contributed by atoms with Crippen molar-refractivity contribution in [3.63, 3.8) is 0 Å². The van der Waals surface area contributed by atoms with Gasteiger partial charge in [0, 0.05) is 25.9 Å². The van der Waals surface area contributed by atoms with Crippen molar-refractivity contribution in [2.24, 2.45) is 0 Å². The zero-order valence-electron chi connectivity index (χ0n) is 13.2. The summed E-state index contributed by atoms with van der Waals surface area (Å²) in [6.45, 7) is 2.87. The van der Waals surface area contributed by atoms with E-state index in [0.717, 1.165) is 36.7 Å². The molecule has 0 radical (unpaired) electrons. The first-order valence-corrected chi connectivity index (χ1v) is 7.98. The van der Waals surface area contributed by atoms with Gasteiger partial charge >= 0.3 is 0 Å². The number of halogens is 1. The first-order chi connectivity index (χ1) is 11.0. The van der Waals surface area contributed by atoms with E-state index in [4.69, 9.17) is 16.1 Å². The molecule has 0 bridgehead atoms. The molecule has 0 saturated carbocycles. The molecule has 3 heterocycles. The molecule has 0 unspecified atom stereocenters. The van der Waals surface area contributed by atoms with Crippen molar-refractivity contribution in [2.45, 2.75) is 25.8 Å². The van der Waals surface area contributed by atoms with Crippen LogP contribution in [0.1, 0.15) is 30.3 Å². The van der Waals surface area contributed by atoms with E-state index in [-0.39, 0.29) is 18.5 Å². The molecule has 1 saturated heterocycles. The molecule has 2 aromatic heterocycles. The minimum atomic E-state index is 0.00604. The molecule has 0 N–H and O–H groups in total. The molecule has 0 spiro atoms. The molecule has 1 aliphatic heterocycles. The van der Waals surface area contributed by atoms with Gasteiger partial charge in [-0.25, -0.2) is 4.98 Å². The van der Waals surface area contributed by atoms with Gasteiger partial charge in [-0.1, -0.05) is 16.8 Å². The molecule has 0 aliphatic carbocycles. The third-order valence-corrected chi connectivity index (χ3v) is 4.26. The van der Waals surface area contributed by atoms with Gasteiger partial charge in [0.25, 0.3) is 0 Å². The van der Waals surface area contributed by atoms with E-state index in [1.165, 1.54) is 0 Å². The number of nitrogens with zero attached hydrogens (tertiary/aromatic N) is 4. The van der Waals surface area contributed by atoms with Gasteiger partial charge in [-0.15, -0.1) is 0 Å². The summed E-state index contributed by atoms with van der Waals surface area (Å²) in [5.41, 5.74) is 0.834. The second-order valence-electron chi connectivity index (χ2n) is 5.80. The van der Waals surface area contributed by atoms with Crippen LogP contribution in [-0.2, 0) is 4.79 Å². The van der Waals surface area contributed by atoms with E-state index in [1.54, 1.807) is 18.3 Å². The van der Waals surface area contributed by atoms with Crippen molar-refractivity contribution in [3.05, 3.63) is 40.9 Å². The van der Waals surface area contributed by atoms with Crippen LogP contribution in [-0.4, -0.2) is 41.1 Å². The zero-order valence-corrected chi connectivity index (χ0v) is 14.0. The Labute approximate surface area is 140 Å². The minimum Gasteiger partial charge on any atom is -0.361 e. The molecule has 1 aliphatic rings. The van der Waals surface area contributed by atoms with Crippen LogP contribution < -0.4 is 4.90 Å². The molecule has 2 aromatic rings. The normalized spacial score (nSPS) is 17.5. The Bertz CT molecular complexity index is 686. The Morgan fingerprint density at radius 2 is 2.35 bits per heavy atom. The summed E-state index contributed by atoms with van der Waals surface area (Å²) in [5, 5.41) is 4.65. The number of amides is 1. The molecular weight excluding hydrogens is 316 g/mol. The van der Waals surface area contributed by atoms with Crippen LogP contribution in [0.4, 0.5) is 5.82 Å². The molecule has 7 heteroatoms. The second kappa shape index (κ2) is 6.58. The summed E-state index contributed by atoms with van der Waals surface area (Å²) in [7, 11) is 1.85. The largest absolute Gasteiger partial charge is 0.361 e. The number of anilines is 1. The Balaban J connectivity index is 1.68. The summed E-state index contributed by atoms with van der Waals surface area (Å²) in [4.78, 5) is 20.6. The highest BCUT2D eigenvalue weighted by atomic mass is 35.5. The van der Waals surface area contributed by atoms with E-state index in [0.29, 0.717) is 5.02 Å². The highest BCUT2D eigenvalue weighted by Gasteiger charge is 2.32. The number of carbonyl (C=O) groups is 1. The lowest BCUT2D eigenvalue weighted by Gasteiger charge is -2.26. The number of aromatic nitrogens is 2. The van der Waals surface area contributed by atoms with Crippen molar-refractivity contribution < 1.29 is 9.32 Å². The van der Waals surface area contributed by atoms with E-state index >= 15 is 0 Å². The lowest BCUT2D eigenvalue weighted by molar-refractivity contribution is -0.130. The maximum absolute atomic E-state index is 12.7. The molecule has 6 nitrogen and oxygen atoms in total. The fraction of sp³-hybridized carbons (Fsp3) is 0.438. The van der Waals surface area contributed by atoms with Crippen LogP contribution in [0.25, 0.3) is 0 Å². The molecule has 1 atom stereocenters. The van der Waals surface area contributed by atoms with Crippen molar-refractivity contribution in [1.29, 1.82) is 0 Å². The molecule has 0 aromatic carbocycles. The third kappa shape index (κ3) is 3.47. The maximum Gasteiger partial charge on any atom is 0.242 e. The van der Waals surface area contributed by atoms with Gasteiger partial charge < -0.3 is 14.3 Å². The number of rotatable bonds is 4. The van der Waals surface area contributed by atoms with Crippen molar-refractivity contribution in [2.75, 3.05) is 25.0 Å². The standard InChI is InChI=1S/C16H19ClN4O2/c1-11-8-13(19-23-11)14-4-3-7-21(14)16(22)10-20(2)15-6-5-12(17)9-18-15/h5-6,8-9,14H,3-4,7,10H2,1-2H3/t14-/m0/s1. The van der Waals surface area contributed by atoms with Crippen molar-refractivity contribution in [3.8, 4) is 0 Å². The number of likely N-dealkylation sites (N-methyl/N-ethyl adjacent to an activating group) is 1. The average Bonchev–Trinajstić information content (AvgIpc) is 3.16. The van der Waals surface area contributed by atoms with Crippen LogP contribution in [0.2, 0.25) is 5.02 Å². The number of aryl methyl sites for hydroxylation is 1. The summed E-state index contributed by atoms with van der Waals surface area (Å²) in [6, 6.07) is 5.48. The lowest BCUT2D eigenvalue weighted by Crippen LogP contribution is -2.39. The first kappa shape index (κ1) is 15.8. The molecule has 1 fully saturated rings. The molecular formula is C16H19ClN4O2.